The Balaban J connectivity index is 0.964. The highest BCUT2D eigenvalue weighted by Gasteiger charge is 2.23. The van der Waals surface area contributed by atoms with E-state index in [4.69, 9.17) is 28.4 Å². The summed E-state index contributed by atoms with van der Waals surface area (Å²) in [6.07, 6.45) is 2.17. The number of epoxide rings is 2. The maximum absolute atomic E-state index is 6.10. The van der Waals surface area contributed by atoms with E-state index in [1.165, 1.54) is 0 Å². The fraction of sp³-hybridized carbons (Fsp3) is 0.200. The van der Waals surface area contributed by atoms with Gasteiger partial charge in [-0.15, -0.1) is 0 Å². The first-order valence-electron chi connectivity index (χ1n) is 14.2. The number of aromatic nitrogens is 2. The number of aryl methyl sites for hydroxylation is 1. The first-order valence-corrected chi connectivity index (χ1v) is 14.2. The van der Waals surface area contributed by atoms with E-state index in [9.17, 15) is 0 Å². The maximum atomic E-state index is 6.10. The van der Waals surface area contributed by atoms with Gasteiger partial charge in [0.15, 0.2) is 0 Å². The molecule has 8 nitrogen and oxygen atoms in total. The van der Waals surface area contributed by atoms with Crippen LogP contribution in [-0.4, -0.2) is 48.6 Å². The Morgan fingerprint density at radius 3 is 1.40 bits per heavy atom. The van der Waals surface area contributed by atoms with Crippen molar-refractivity contribution in [1.29, 1.82) is 0 Å². The second-order valence-corrected chi connectivity index (χ2v) is 10.5. The predicted octanol–water partition coefficient (Wildman–Crippen LogP) is 7.26. The number of rotatable bonds is 12. The molecule has 0 N–H and O–H groups in total. The molecule has 4 aromatic carbocycles. The summed E-state index contributed by atoms with van der Waals surface area (Å²) in [6, 6.07) is 31.9. The van der Waals surface area contributed by atoms with Crippen LogP contribution >= 0.6 is 0 Å². The second-order valence-electron chi connectivity index (χ2n) is 10.5. The molecule has 2 saturated heterocycles. The van der Waals surface area contributed by atoms with Gasteiger partial charge in [0.05, 0.1) is 13.2 Å². The first kappa shape index (κ1) is 26.9. The van der Waals surface area contributed by atoms with Crippen molar-refractivity contribution < 1.29 is 28.4 Å². The van der Waals surface area contributed by atoms with Crippen LogP contribution in [0.5, 0.6) is 34.9 Å². The van der Waals surface area contributed by atoms with Gasteiger partial charge in [0.2, 0.25) is 5.88 Å². The van der Waals surface area contributed by atoms with Crippen LogP contribution < -0.4 is 18.9 Å². The molecule has 1 aromatic heterocycles. The van der Waals surface area contributed by atoms with Gasteiger partial charge < -0.3 is 28.4 Å². The van der Waals surface area contributed by atoms with Crippen LogP contribution in [0.15, 0.2) is 103 Å². The van der Waals surface area contributed by atoms with E-state index in [-0.39, 0.29) is 18.2 Å². The molecule has 2 aliphatic heterocycles. The average Bonchev–Trinajstić information content (AvgIpc) is 3.98. The summed E-state index contributed by atoms with van der Waals surface area (Å²) in [5.74, 6) is 3.40. The summed E-state index contributed by atoms with van der Waals surface area (Å²) in [5, 5.41) is 0. The third kappa shape index (κ3) is 7.12. The lowest BCUT2D eigenvalue weighted by molar-refractivity contribution is 0.263. The Bertz CT molecular complexity index is 1660. The minimum absolute atomic E-state index is 0.210. The minimum Gasteiger partial charge on any atom is -0.491 e. The molecule has 0 saturated carbocycles. The third-order valence-electron chi connectivity index (χ3n) is 7.09. The second kappa shape index (κ2) is 12.1. The van der Waals surface area contributed by atoms with Crippen molar-refractivity contribution in [3.63, 3.8) is 0 Å². The van der Waals surface area contributed by atoms with Gasteiger partial charge in [0, 0.05) is 11.8 Å². The summed E-state index contributed by atoms with van der Waals surface area (Å²) in [7, 11) is 0. The zero-order valence-corrected chi connectivity index (χ0v) is 23.6. The Labute approximate surface area is 249 Å². The SMILES string of the molecule is Cc1cnc(Oc2ccc(-c3ccc(OCC4CO4)cc3)cc2)nc1Oc1ccc(-c2ccc(OCC3CO3)cc2)cc1. The Hall–Kier alpha value is -4.92. The van der Waals surface area contributed by atoms with Crippen molar-refractivity contribution >= 4 is 0 Å². The number of hydrogen-bond donors (Lipinski definition) is 0. The molecule has 0 spiro atoms. The van der Waals surface area contributed by atoms with Gasteiger partial charge in [-0.1, -0.05) is 48.5 Å². The third-order valence-corrected chi connectivity index (χ3v) is 7.09. The zero-order chi connectivity index (χ0) is 29.0. The van der Waals surface area contributed by atoms with Crippen LogP contribution in [0.1, 0.15) is 5.56 Å². The van der Waals surface area contributed by atoms with Gasteiger partial charge in [0.25, 0.3) is 0 Å². The lowest BCUT2D eigenvalue weighted by Crippen LogP contribution is -2.03. The van der Waals surface area contributed by atoms with Gasteiger partial charge in [-0.2, -0.15) is 4.98 Å². The van der Waals surface area contributed by atoms with Gasteiger partial charge in [-0.25, -0.2) is 4.98 Å². The van der Waals surface area contributed by atoms with Crippen molar-refractivity contribution in [2.24, 2.45) is 0 Å². The van der Waals surface area contributed by atoms with Gasteiger partial charge in [-0.3, -0.25) is 0 Å². The van der Waals surface area contributed by atoms with Gasteiger partial charge in [-0.05, 0) is 77.7 Å². The van der Waals surface area contributed by atoms with Crippen molar-refractivity contribution in [3.05, 3.63) is 109 Å². The molecule has 8 heteroatoms. The van der Waals surface area contributed by atoms with E-state index in [0.717, 1.165) is 52.5 Å². The standard InChI is InChI=1S/C35H30N2O6/c1-23-18-36-35(43-31-16-8-27(9-17-31)25-4-12-29(13-5-25)39-20-33-22-41-33)37-34(23)42-30-14-6-26(7-15-30)24-2-10-28(11-3-24)38-19-32-21-40-32/h2-18,32-33H,19-22H2,1H3. The molecule has 0 radical (unpaired) electrons. The number of benzene rings is 4. The van der Waals surface area contributed by atoms with Crippen LogP contribution in [0.2, 0.25) is 0 Å². The molecule has 2 aliphatic rings. The van der Waals surface area contributed by atoms with Crippen molar-refractivity contribution in [3.8, 4) is 57.1 Å². The zero-order valence-electron chi connectivity index (χ0n) is 23.6. The summed E-state index contributed by atoms with van der Waals surface area (Å²) in [6.45, 7) is 4.65. The molecule has 0 bridgehead atoms. The molecule has 2 unspecified atom stereocenters. The van der Waals surface area contributed by atoms with E-state index < -0.39 is 0 Å². The van der Waals surface area contributed by atoms with Gasteiger partial charge in [0.1, 0.15) is 48.4 Å². The maximum Gasteiger partial charge on any atom is 0.325 e. The molecule has 2 fully saturated rings. The highest BCUT2D eigenvalue weighted by molar-refractivity contribution is 5.66. The molecular weight excluding hydrogens is 544 g/mol. The number of ether oxygens (including phenoxy) is 6. The number of hydrogen-bond acceptors (Lipinski definition) is 8. The smallest absolute Gasteiger partial charge is 0.325 e. The summed E-state index contributed by atoms with van der Waals surface area (Å²) in [5.41, 5.74) is 5.11. The highest BCUT2D eigenvalue weighted by atomic mass is 16.6. The van der Waals surface area contributed by atoms with Crippen molar-refractivity contribution in [1.82, 2.24) is 9.97 Å². The molecule has 0 aliphatic carbocycles. The van der Waals surface area contributed by atoms with E-state index in [1.54, 1.807) is 6.20 Å². The van der Waals surface area contributed by atoms with E-state index >= 15 is 0 Å². The molecule has 5 aromatic rings. The minimum atomic E-state index is 0.210. The lowest BCUT2D eigenvalue weighted by Gasteiger charge is -2.11. The van der Waals surface area contributed by atoms with E-state index in [0.29, 0.717) is 30.6 Å². The van der Waals surface area contributed by atoms with Gasteiger partial charge >= 0.3 is 6.01 Å². The highest BCUT2D eigenvalue weighted by Crippen LogP contribution is 2.30. The summed E-state index contributed by atoms with van der Waals surface area (Å²) < 4.78 is 33.9. The fourth-order valence-corrected chi connectivity index (χ4v) is 4.41. The molecule has 2 atom stereocenters. The van der Waals surface area contributed by atoms with Crippen LogP contribution in [0.3, 0.4) is 0 Å². The first-order chi connectivity index (χ1) is 21.1. The Morgan fingerprint density at radius 1 is 0.581 bits per heavy atom. The largest absolute Gasteiger partial charge is 0.491 e. The fourth-order valence-electron chi connectivity index (χ4n) is 4.41. The van der Waals surface area contributed by atoms with Crippen LogP contribution in [0.4, 0.5) is 0 Å². The van der Waals surface area contributed by atoms with Crippen LogP contribution in [0.25, 0.3) is 22.3 Å². The quantitative estimate of drug-likeness (QED) is 0.144. The Kier molecular flexibility index (Phi) is 7.60. The normalized spacial score (nSPS) is 16.8. The Morgan fingerprint density at radius 2 is 0.977 bits per heavy atom. The summed E-state index contributed by atoms with van der Waals surface area (Å²) in [4.78, 5) is 8.84. The molecular formula is C35H30N2O6. The van der Waals surface area contributed by atoms with E-state index in [2.05, 4.69) is 9.97 Å². The molecule has 3 heterocycles. The lowest BCUT2D eigenvalue weighted by atomic mass is 10.1. The van der Waals surface area contributed by atoms with Crippen molar-refractivity contribution in [2.75, 3.05) is 26.4 Å². The average molecular weight is 575 g/mol. The molecule has 7 rings (SSSR count). The molecule has 216 valence electrons. The van der Waals surface area contributed by atoms with Crippen LogP contribution in [0, 0.1) is 6.92 Å². The number of nitrogens with zero attached hydrogens (tertiary/aromatic N) is 2. The summed E-state index contributed by atoms with van der Waals surface area (Å²) >= 11 is 0. The van der Waals surface area contributed by atoms with Crippen molar-refractivity contribution in [2.45, 2.75) is 19.1 Å². The molecule has 0 amide bonds. The molecule has 43 heavy (non-hydrogen) atoms. The van der Waals surface area contributed by atoms with Crippen LogP contribution in [-0.2, 0) is 9.47 Å². The monoisotopic (exact) mass is 574 g/mol. The topological polar surface area (TPSA) is 87.8 Å². The predicted molar refractivity (Wildman–Crippen MR) is 161 cm³/mol. The van der Waals surface area contributed by atoms with E-state index in [1.807, 2.05) is 104 Å².